The third kappa shape index (κ3) is 2.76. The Hall–Kier alpha value is -1.69. The molecule has 1 aliphatic heterocycles. The maximum absolute atomic E-state index is 11.6. The van der Waals surface area contributed by atoms with Crippen LogP contribution >= 0.6 is 0 Å². The molecular formula is C12H18N4O2. The SMILES string of the molecule is Cc1ccnc(N2CCN(C(=O)C(C)O)CC2)n1. The fourth-order valence-corrected chi connectivity index (χ4v) is 1.98. The van der Waals surface area contributed by atoms with Gasteiger partial charge in [0.1, 0.15) is 6.10 Å². The summed E-state index contributed by atoms with van der Waals surface area (Å²) in [7, 11) is 0. The Kier molecular flexibility index (Phi) is 3.76. The van der Waals surface area contributed by atoms with Gasteiger partial charge >= 0.3 is 0 Å². The molecule has 18 heavy (non-hydrogen) atoms. The summed E-state index contributed by atoms with van der Waals surface area (Å²) in [6.45, 7) is 6.02. The van der Waals surface area contributed by atoms with Crippen LogP contribution in [0.25, 0.3) is 0 Å². The van der Waals surface area contributed by atoms with Crippen LogP contribution in [0, 0.1) is 6.92 Å². The summed E-state index contributed by atoms with van der Waals surface area (Å²) in [4.78, 5) is 23.9. The second kappa shape index (κ2) is 5.30. The van der Waals surface area contributed by atoms with Crippen LogP contribution in [0.3, 0.4) is 0 Å². The Morgan fingerprint density at radius 2 is 2.06 bits per heavy atom. The Balaban J connectivity index is 1.96. The molecule has 1 N–H and O–H groups in total. The first-order valence-electron chi connectivity index (χ1n) is 6.09. The van der Waals surface area contributed by atoms with Crippen molar-refractivity contribution in [1.29, 1.82) is 0 Å². The summed E-state index contributed by atoms with van der Waals surface area (Å²) in [5, 5.41) is 9.26. The van der Waals surface area contributed by atoms with Crippen LogP contribution < -0.4 is 4.90 Å². The lowest BCUT2D eigenvalue weighted by atomic mass is 10.2. The van der Waals surface area contributed by atoms with Crippen molar-refractivity contribution >= 4 is 11.9 Å². The predicted molar refractivity (Wildman–Crippen MR) is 67.2 cm³/mol. The number of hydrogen-bond acceptors (Lipinski definition) is 5. The zero-order chi connectivity index (χ0) is 13.1. The van der Waals surface area contributed by atoms with Gasteiger partial charge in [0.2, 0.25) is 5.95 Å². The number of carbonyl (C=O) groups excluding carboxylic acids is 1. The van der Waals surface area contributed by atoms with Crippen molar-refractivity contribution in [2.45, 2.75) is 20.0 Å². The highest BCUT2D eigenvalue weighted by Crippen LogP contribution is 2.11. The largest absolute Gasteiger partial charge is 0.384 e. The van der Waals surface area contributed by atoms with E-state index in [0.29, 0.717) is 32.1 Å². The van der Waals surface area contributed by atoms with Gasteiger partial charge in [-0.2, -0.15) is 0 Å². The molecule has 6 nitrogen and oxygen atoms in total. The van der Waals surface area contributed by atoms with Gasteiger partial charge in [-0.15, -0.1) is 0 Å². The molecular weight excluding hydrogens is 232 g/mol. The number of aryl methyl sites for hydroxylation is 1. The maximum atomic E-state index is 11.6. The predicted octanol–water partition coefficient (Wildman–Crippen LogP) is -0.186. The molecule has 1 atom stereocenters. The lowest BCUT2D eigenvalue weighted by Crippen LogP contribution is -2.51. The van der Waals surface area contributed by atoms with Gasteiger partial charge in [0.25, 0.3) is 5.91 Å². The first-order valence-corrected chi connectivity index (χ1v) is 6.09. The lowest BCUT2D eigenvalue weighted by molar-refractivity contribution is -0.139. The topological polar surface area (TPSA) is 69.6 Å². The lowest BCUT2D eigenvalue weighted by Gasteiger charge is -2.35. The first-order chi connectivity index (χ1) is 8.58. The van der Waals surface area contributed by atoms with Crippen molar-refractivity contribution in [1.82, 2.24) is 14.9 Å². The van der Waals surface area contributed by atoms with Gasteiger partial charge in [-0.25, -0.2) is 9.97 Å². The third-order valence-electron chi connectivity index (χ3n) is 3.01. The molecule has 98 valence electrons. The molecule has 1 unspecified atom stereocenters. The van der Waals surface area contributed by atoms with Gasteiger partial charge in [0.05, 0.1) is 0 Å². The van der Waals surface area contributed by atoms with Gasteiger partial charge in [0.15, 0.2) is 0 Å². The minimum Gasteiger partial charge on any atom is -0.384 e. The second-order valence-electron chi connectivity index (χ2n) is 4.49. The highest BCUT2D eigenvalue weighted by Gasteiger charge is 2.24. The van der Waals surface area contributed by atoms with Crippen LogP contribution in [0.4, 0.5) is 5.95 Å². The smallest absolute Gasteiger partial charge is 0.251 e. The Morgan fingerprint density at radius 1 is 1.39 bits per heavy atom. The number of anilines is 1. The number of hydrogen-bond donors (Lipinski definition) is 1. The standard InChI is InChI=1S/C12H18N4O2/c1-9-3-4-13-12(14-9)16-7-5-15(6-8-16)11(18)10(2)17/h3-4,10,17H,5-8H2,1-2H3. The zero-order valence-corrected chi connectivity index (χ0v) is 10.7. The highest BCUT2D eigenvalue weighted by molar-refractivity contribution is 5.80. The summed E-state index contributed by atoms with van der Waals surface area (Å²) in [6.07, 6.45) is 0.817. The number of amides is 1. The number of piperazine rings is 1. The molecule has 1 fully saturated rings. The molecule has 0 saturated carbocycles. The van der Waals surface area contributed by atoms with Gasteiger partial charge in [-0.05, 0) is 19.9 Å². The number of aliphatic hydroxyl groups is 1. The van der Waals surface area contributed by atoms with Crippen LogP contribution in [0.15, 0.2) is 12.3 Å². The van der Waals surface area contributed by atoms with Crippen molar-refractivity contribution in [2.24, 2.45) is 0 Å². The number of nitrogens with zero attached hydrogens (tertiary/aromatic N) is 4. The van der Waals surface area contributed by atoms with E-state index in [2.05, 4.69) is 14.9 Å². The molecule has 0 bridgehead atoms. The van der Waals surface area contributed by atoms with E-state index in [9.17, 15) is 9.90 Å². The van der Waals surface area contributed by atoms with Gasteiger partial charge < -0.3 is 14.9 Å². The Morgan fingerprint density at radius 3 is 2.61 bits per heavy atom. The van der Waals surface area contributed by atoms with E-state index in [-0.39, 0.29) is 5.91 Å². The van der Waals surface area contributed by atoms with E-state index < -0.39 is 6.10 Å². The molecule has 1 aliphatic rings. The van der Waals surface area contributed by atoms with E-state index in [1.165, 1.54) is 6.92 Å². The van der Waals surface area contributed by atoms with Crippen molar-refractivity contribution in [3.8, 4) is 0 Å². The molecule has 2 heterocycles. The normalized spacial score (nSPS) is 17.7. The summed E-state index contributed by atoms with van der Waals surface area (Å²) in [5.41, 5.74) is 0.933. The third-order valence-corrected chi connectivity index (χ3v) is 3.01. The van der Waals surface area contributed by atoms with E-state index in [0.717, 1.165) is 5.69 Å². The molecule has 1 aromatic rings. The van der Waals surface area contributed by atoms with Crippen molar-refractivity contribution in [3.05, 3.63) is 18.0 Å². The fourth-order valence-electron chi connectivity index (χ4n) is 1.98. The summed E-state index contributed by atoms with van der Waals surface area (Å²) >= 11 is 0. The van der Waals surface area contributed by atoms with E-state index >= 15 is 0 Å². The van der Waals surface area contributed by atoms with Crippen LogP contribution in [-0.2, 0) is 4.79 Å². The number of rotatable bonds is 2. The minimum absolute atomic E-state index is 0.209. The van der Waals surface area contributed by atoms with Crippen molar-refractivity contribution in [2.75, 3.05) is 31.1 Å². The quantitative estimate of drug-likeness (QED) is 0.788. The second-order valence-corrected chi connectivity index (χ2v) is 4.49. The average molecular weight is 250 g/mol. The number of aliphatic hydroxyl groups excluding tert-OH is 1. The molecule has 0 spiro atoms. The van der Waals surface area contributed by atoms with Gasteiger partial charge in [-0.1, -0.05) is 0 Å². The van der Waals surface area contributed by atoms with Crippen molar-refractivity contribution in [3.63, 3.8) is 0 Å². The molecule has 0 aliphatic carbocycles. The summed E-state index contributed by atoms with van der Waals surface area (Å²) in [6, 6.07) is 1.86. The van der Waals surface area contributed by atoms with Crippen molar-refractivity contribution < 1.29 is 9.90 Å². The maximum Gasteiger partial charge on any atom is 0.251 e. The van der Waals surface area contributed by atoms with E-state index in [4.69, 9.17) is 0 Å². The van der Waals surface area contributed by atoms with Gasteiger partial charge in [-0.3, -0.25) is 4.79 Å². The highest BCUT2D eigenvalue weighted by atomic mass is 16.3. The summed E-state index contributed by atoms with van der Waals surface area (Å²) < 4.78 is 0. The zero-order valence-electron chi connectivity index (χ0n) is 10.7. The first kappa shape index (κ1) is 12.8. The fraction of sp³-hybridized carbons (Fsp3) is 0.583. The molecule has 0 radical (unpaired) electrons. The number of carbonyl (C=O) groups is 1. The number of aromatic nitrogens is 2. The molecule has 6 heteroatoms. The Labute approximate surface area is 106 Å². The van der Waals surface area contributed by atoms with Crippen LogP contribution in [0.5, 0.6) is 0 Å². The Bertz CT molecular complexity index is 428. The molecule has 1 amide bonds. The van der Waals surface area contributed by atoms with Crippen LogP contribution in [-0.4, -0.2) is 58.2 Å². The average Bonchev–Trinajstić information content (AvgIpc) is 2.38. The van der Waals surface area contributed by atoms with E-state index in [1.807, 2.05) is 13.0 Å². The van der Waals surface area contributed by atoms with Crippen LogP contribution in [0.2, 0.25) is 0 Å². The molecule has 2 rings (SSSR count). The molecule has 1 saturated heterocycles. The summed E-state index contributed by atoms with van der Waals surface area (Å²) in [5.74, 6) is 0.499. The van der Waals surface area contributed by atoms with E-state index in [1.54, 1.807) is 11.1 Å². The monoisotopic (exact) mass is 250 g/mol. The van der Waals surface area contributed by atoms with Crippen LogP contribution in [0.1, 0.15) is 12.6 Å². The molecule has 1 aromatic heterocycles. The minimum atomic E-state index is -0.924. The molecule has 0 aromatic carbocycles. The van der Waals surface area contributed by atoms with Gasteiger partial charge in [0, 0.05) is 38.1 Å².